The first-order chi connectivity index (χ1) is 15.1. The Labute approximate surface area is 182 Å². The van der Waals surface area contributed by atoms with Gasteiger partial charge in [0.05, 0.1) is 24.9 Å². The third-order valence-electron chi connectivity index (χ3n) is 6.94. The summed E-state index contributed by atoms with van der Waals surface area (Å²) in [5.74, 6) is 1.64. The molecular formula is C23H31N5O3. The summed E-state index contributed by atoms with van der Waals surface area (Å²) in [6, 6.07) is 3.94. The predicted molar refractivity (Wildman–Crippen MR) is 113 cm³/mol. The highest BCUT2D eigenvalue weighted by molar-refractivity contribution is 5.92. The van der Waals surface area contributed by atoms with E-state index in [1.54, 1.807) is 13.3 Å². The molecule has 0 N–H and O–H groups in total. The topological polar surface area (TPSA) is 82.4 Å². The Balaban J connectivity index is 1.31. The zero-order valence-corrected chi connectivity index (χ0v) is 18.3. The average molecular weight is 426 g/mol. The van der Waals surface area contributed by atoms with Crippen LogP contribution in [-0.2, 0) is 16.1 Å². The largest absolute Gasteiger partial charge is 0.378 e. The number of aromatic nitrogens is 4. The van der Waals surface area contributed by atoms with Crippen molar-refractivity contribution in [1.29, 1.82) is 0 Å². The van der Waals surface area contributed by atoms with Crippen LogP contribution in [0, 0.1) is 24.7 Å². The number of rotatable bonds is 7. The van der Waals surface area contributed by atoms with E-state index in [1.165, 1.54) is 12.8 Å². The number of pyridine rings is 1. The van der Waals surface area contributed by atoms with Crippen molar-refractivity contribution in [3.05, 3.63) is 41.5 Å². The van der Waals surface area contributed by atoms with Gasteiger partial charge in [0.15, 0.2) is 0 Å². The summed E-state index contributed by atoms with van der Waals surface area (Å²) >= 11 is 0. The number of ether oxygens (including phenoxy) is 2. The van der Waals surface area contributed by atoms with Crippen LogP contribution in [0.2, 0.25) is 0 Å². The van der Waals surface area contributed by atoms with Gasteiger partial charge in [-0.1, -0.05) is 5.21 Å². The Morgan fingerprint density at radius 1 is 1.23 bits per heavy atom. The summed E-state index contributed by atoms with van der Waals surface area (Å²) in [6.45, 7) is 4.82. The van der Waals surface area contributed by atoms with Gasteiger partial charge in [0.25, 0.3) is 5.91 Å². The molecule has 0 radical (unpaired) electrons. The predicted octanol–water partition coefficient (Wildman–Crippen LogP) is 2.65. The van der Waals surface area contributed by atoms with E-state index in [-0.39, 0.29) is 18.1 Å². The van der Waals surface area contributed by atoms with Crippen LogP contribution in [-0.4, -0.2) is 63.7 Å². The molecule has 166 valence electrons. The van der Waals surface area contributed by atoms with Gasteiger partial charge in [0, 0.05) is 33.0 Å². The van der Waals surface area contributed by atoms with Gasteiger partial charge in [-0.3, -0.25) is 9.78 Å². The number of hydrogen-bond donors (Lipinski definition) is 0. The third kappa shape index (κ3) is 4.50. The van der Waals surface area contributed by atoms with E-state index < -0.39 is 0 Å². The van der Waals surface area contributed by atoms with Crippen molar-refractivity contribution in [3.8, 4) is 0 Å². The van der Waals surface area contributed by atoms with E-state index in [9.17, 15) is 4.79 Å². The van der Waals surface area contributed by atoms with Crippen molar-refractivity contribution in [3.63, 3.8) is 0 Å². The molecule has 0 unspecified atom stereocenters. The van der Waals surface area contributed by atoms with Crippen molar-refractivity contribution in [1.82, 2.24) is 24.9 Å². The maximum Gasteiger partial charge on any atom is 0.272 e. The van der Waals surface area contributed by atoms with Gasteiger partial charge in [0.1, 0.15) is 11.4 Å². The van der Waals surface area contributed by atoms with Crippen LogP contribution < -0.4 is 0 Å². The van der Waals surface area contributed by atoms with Crippen molar-refractivity contribution < 1.29 is 14.3 Å². The Morgan fingerprint density at radius 2 is 2.03 bits per heavy atom. The number of hydrogen-bond acceptors (Lipinski definition) is 6. The zero-order chi connectivity index (χ0) is 21.4. The minimum absolute atomic E-state index is 0.0354. The van der Waals surface area contributed by atoms with Crippen LogP contribution in [0.4, 0.5) is 0 Å². The summed E-state index contributed by atoms with van der Waals surface area (Å²) in [4.78, 5) is 19.4. The molecule has 4 atom stereocenters. The van der Waals surface area contributed by atoms with E-state index in [0.717, 1.165) is 43.8 Å². The highest BCUT2D eigenvalue weighted by Gasteiger charge is 2.45. The van der Waals surface area contributed by atoms with Gasteiger partial charge < -0.3 is 14.4 Å². The van der Waals surface area contributed by atoms with Gasteiger partial charge >= 0.3 is 0 Å². The molecule has 0 bridgehead atoms. The maximum atomic E-state index is 13.1. The molecule has 8 heteroatoms. The Kier molecular flexibility index (Phi) is 5.75. The van der Waals surface area contributed by atoms with Gasteiger partial charge in [-0.05, 0) is 68.1 Å². The highest BCUT2D eigenvalue weighted by atomic mass is 16.5. The summed E-state index contributed by atoms with van der Waals surface area (Å²) in [7, 11) is 1.67. The lowest BCUT2D eigenvalue weighted by Gasteiger charge is -2.37. The molecule has 31 heavy (non-hydrogen) atoms. The van der Waals surface area contributed by atoms with Gasteiger partial charge in [-0.25, -0.2) is 4.68 Å². The van der Waals surface area contributed by atoms with Crippen molar-refractivity contribution in [2.45, 2.75) is 51.4 Å². The molecule has 1 amide bonds. The number of nitrogens with zero attached hydrogens (tertiary/aromatic N) is 5. The van der Waals surface area contributed by atoms with E-state index in [0.29, 0.717) is 30.1 Å². The Hall–Kier alpha value is -2.32. The molecule has 3 aliphatic rings. The standard InChI is InChI=1S/C23H31N5O3/c1-15-5-6-24-20(7-15)23(29)27-10-17-8-21(28-12-19(14-30-2)25-26-28)22(9-18(17)11-27)31-13-16-3-4-16/h5-7,12,16-18,21-22H,3-4,8-11,13-14H2,1-2H3/t17-,18+,21-,22-/m1/s1. The van der Waals surface area contributed by atoms with Crippen LogP contribution in [0.25, 0.3) is 0 Å². The highest BCUT2D eigenvalue weighted by Crippen LogP contribution is 2.43. The smallest absolute Gasteiger partial charge is 0.272 e. The molecule has 2 saturated carbocycles. The second-order valence-electron chi connectivity index (χ2n) is 9.43. The number of amides is 1. The number of carbonyl (C=O) groups excluding carboxylic acids is 1. The average Bonchev–Trinajstić information content (AvgIpc) is 3.32. The van der Waals surface area contributed by atoms with Gasteiger partial charge in [-0.15, -0.1) is 5.10 Å². The number of fused-ring (bicyclic) bond motifs is 1. The fourth-order valence-electron chi connectivity index (χ4n) is 5.06. The fourth-order valence-corrected chi connectivity index (χ4v) is 5.06. The number of carbonyl (C=O) groups is 1. The zero-order valence-electron chi connectivity index (χ0n) is 18.3. The fraction of sp³-hybridized carbons (Fsp3) is 0.652. The number of aryl methyl sites for hydroxylation is 1. The summed E-state index contributed by atoms with van der Waals surface area (Å²) in [6.07, 6.45) is 8.24. The summed E-state index contributed by atoms with van der Waals surface area (Å²) in [5, 5.41) is 8.65. The molecule has 3 heterocycles. The van der Waals surface area contributed by atoms with E-state index in [4.69, 9.17) is 9.47 Å². The normalized spacial score (nSPS) is 28.0. The van der Waals surface area contributed by atoms with E-state index in [1.807, 2.05) is 34.8 Å². The van der Waals surface area contributed by atoms with Crippen molar-refractivity contribution in [2.75, 3.05) is 26.8 Å². The number of methoxy groups -OCH3 is 1. The first-order valence-electron chi connectivity index (χ1n) is 11.3. The first-order valence-corrected chi connectivity index (χ1v) is 11.3. The van der Waals surface area contributed by atoms with Crippen LogP contribution in [0.3, 0.4) is 0 Å². The van der Waals surface area contributed by atoms with Gasteiger partial charge in [-0.2, -0.15) is 0 Å². The molecule has 3 fully saturated rings. The molecule has 0 aromatic carbocycles. The second kappa shape index (κ2) is 8.67. The first kappa shape index (κ1) is 20.6. The van der Waals surface area contributed by atoms with Crippen LogP contribution >= 0.6 is 0 Å². The van der Waals surface area contributed by atoms with E-state index in [2.05, 4.69) is 15.3 Å². The van der Waals surface area contributed by atoms with Crippen molar-refractivity contribution in [2.24, 2.45) is 17.8 Å². The lowest BCUT2D eigenvalue weighted by Crippen LogP contribution is -2.38. The Morgan fingerprint density at radius 3 is 2.77 bits per heavy atom. The van der Waals surface area contributed by atoms with Gasteiger partial charge in [0.2, 0.25) is 0 Å². The molecule has 2 aromatic rings. The number of likely N-dealkylation sites (tertiary alicyclic amines) is 1. The maximum absolute atomic E-state index is 13.1. The molecule has 8 nitrogen and oxygen atoms in total. The quantitative estimate of drug-likeness (QED) is 0.678. The summed E-state index contributed by atoms with van der Waals surface area (Å²) < 4.78 is 13.6. The molecule has 0 spiro atoms. The molecule has 5 rings (SSSR count). The summed E-state index contributed by atoms with van der Waals surface area (Å²) in [5.41, 5.74) is 2.43. The van der Waals surface area contributed by atoms with Crippen LogP contribution in [0.15, 0.2) is 24.5 Å². The molecular weight excluding hydrogens is 394 g/mol. The monoisotopic (exact) mass is 425 g/mol. The van der Waals surface area contributed by atoms with Crippen molar-refractivity contribution >= 4 is 5.91 Å². The third-order valence-corrected chi connectivity index (χ3v) is 6.94. The lowest BCUT2D eigenvalue weighted by molar-refractivity contribution is -0.0375. The van der Waals surface area contributed by atoms with Crippen LogP contribution in [0.1, 0.15) is 53.5 Å². The molecule has 2 aliphatic carbocycles. The minimum atomic E-state index is 0.0354. The van der Waals surface area contributed by atoms with Crippen LogP contribution in [0.5, 0.6) is 0 Å². The SMILES string of the molecule is COCc1cn([C@@H]2C[C@@H]3CN(C(=O)c4cc(C)ccn4)C[C@@H]3C[C@H]2OCC2CC2)nn1. The second-order valence-corrected chi connectivity index (χ2v) is 9.43. The van der Waals surface area contributed by atoms with E-state index >= 15 is 0 Å². The Bertz CT molecular complexity index is 927. The molecule has 2 aromatic heterocycles. The lowest BCUT2D eigenvalue weighted by atomic mass is 9.77. The minimum Gasteiger partial charge on any atom is -0.378 e. The molecule has 1 aliphatic heterocycles. The molecule has 1 saturated heterocycles.